The monoisotopic (exact) mass is 441 g/mol. The third kappa shape index (κ3) is 4.93. The minimum absolute atomic E-state index is 0.224. The topological polar surface area (TPSA) is 84.0 Å². The first-order valence-corrected chi connectivity index (χ1v) is 12.1. The summed E-state index contributed by atoms with van der Waals surface area (Å²) in [5.74, 6) is 0.294. The number of rotatable bonds is 6. The number of hydrogen-bond donors (Lipinski definition) is 0. The van der Waals surface area contributed by atoms with Gasteiger partial charge in [0.05, 0.1) is 24.9 Å². The number of hydrogen-bond acceptors (Lipinski definition) is 6. The molecule has 7 nitrogen and oxygen atoms in total. The number of thiophene rings is 1. The van der Waals surface area contributed by atoms with Crippen LogP contribution in [0.1, 0.15) is 83.0 Å². The van der Waals surface area contributed by atoms with Crippen molar-refractivity contribution in [3.63, 3.8) is 0 Å². The van der Waals surface area contributed by atoms with Gasteiger partial charge in [0.25, 0.3) is 0 Å². The SMILES string of the molecule is CC(C)(C)OC(=O)N(Cc1ccsc1)[C@H](c1cn(C2(C#N)CC2)nn1)C1CCCCC1. The van der Waals surface area contributed by atoms with E-state index in [1.165, 1.54) is 6.42 Å². The number of amides is 1. The van der Waals surface area contributed by atoms with Gasteiger partial charge in [-0.15, -0.1) is 5.10 Å². The van der Waals surface area contributed by atoms with Crippen LogP contribution >= 0.6 is 11.3 Å². The number of nitriles is 1. The van der Waals surface area contributed by atoms with Crippen LogP contribution in [0.15, 0.2) is 23.0 Å². The fourth-order valence-electron chi connectivity index (χ4n) is 4.41. The van der Waals surface area contributed by atoms with Crippen molar-refractivity contribution in [2.24, 2.45) is 5.92 Å². The Bertz CT molecular complexity index is 930. The van der Waals surface area contributed by atoms with E-state index in [0.29, 0.717) is 12.5 Å². The summed E-state index contributed by atoms with van der Waals surface area (Å²) in [5.41, 5.74) is 0.693. The second kappa shape index (κ2) is 8.62. The summed E-state index contributed by atoms with van der Waals surface area (Å²) in [6.45, 7) is 6.14. The molecular formula is C23H31N5O2S. The largest absolute Gasteiger partial charge is 0.444 e. The maximum atomic E-state index is 13.4. The van der Waals surface area contributed by atoms with Crippen LogP contribution in [0.2, 0.25) is 0 Å². The Balaban J connectivity index is 1.71. The van der Waals surface area contributed by atoms with Gasteiger partial charge < -0.3 is 4.74 Å². The van der Waals surface area contributed by atoms with Crippen molar-refractivity contribution in [1.82, 2.24) is 19.9 Å². The first-order chi connectivity index (χ1) is 14.8. The third-order valence-electron chi connectivity index (χ3n) is 6.18. The minimum atomic E-state index is -0.586. The predicted molar refractivity (Wildman–Crippen MR) is 118 cm³/mol. The summed E-state index contributed by atoms with van der Waals surface area (Å²) in [5, 5.41) is 22.5. The van der Waals surface area contributed by atoms with E-state index in [2.05, 4.69) is 21.8 Å². The Morgan fingerprint density at radius 2 is 2.13 bits per heavy atom. The molecule has 1 amide bonds. The molecule has 0 aromatic carbocycles. The van der Waals surface area contributed by atoms with Crippen molar-refractivity contribution < 1.29 is 9.53 Å². The summed E-state index contributed by atoms with van der Waals surface area (Å²) in [7, 11) is 0. The van der Waals surface area contributed by atoms with Gasteiger partial charge in [0.2, 0.25) is 0 Å². The fourth-order valence-corrected chi connectivity index (χ4v) is 5.07. The smallest absolute Gasteiger partial charge is 0.411 e. The average Bonchev–Trinajstić information content (AvgIpc) is 3.11. The van der Waals surface area contributed by atoms with E-state index in [1.807, 2.05) is 43.3 Å². The first-order valence-electron chi connectivity index (χ1n) is 11.2. The normalized spacial score (nSPS) is 19.4. The van der Waals surface area contributed by atoms with Gasteiger partial charge in [0.1, 0.15) is 11.3 Å². The van der Waals surface area contributed by atoms with E-state index in [4.69, 9.17) is 4.74 Å². The van der Waals surface area contributed by atoms with Crippen molar-refractivity contribution in [2.75, 3.05) is 0 Å². The average molecular weight is 442 g/mol. The molecule has 2 aliphatic rings. The van der Waals surface area contributed by atoms with Gasteiger partial charge in [0, 0.05) is 0 Å². The Labute approximate surface area is 188 Å². The summed E-state index contributed by atoms with van der Waals surface area (Å²) >= 11 is 1.62. The molecular weight excluding hydrogens is 410 g/mol. The van der Waals surface area contributed by atoms with E-state index < -0.39 is 11.1 Å². The van der Waals surface area contributed by atoms with Crippen LogP contribution in [0, 0.1) is 17.2 Å². The molecule has 2 aliphatic carbocycles. The van der Waals surface area contributed by atoms with Crippen molar-refractivity contribution >= 4 is 17.4 Å². The highest BCUT2D eigenvalue weighted by Crippen LogP contribution is 2.44. The predicted octanol–water partition coefficient (Wildman–Crippen LogP) is 5.41. The van der Waals surface area contributed by atoms with Crippen LogP contribution in [-0.4, -0.2) is 31.6 Å². The van der Waals surface area contributed by atoms with Gasteiger partial charge in [-0.1, -0.05) is 24.5 Å². The molecule has 2 aromatic heterocycles. The molecule has 2 heterocycles. The lowest BCUT2D eigenvalue weighted by atomic mass is 9.82. The van der Waals surface area contributed by atoms with E-state index in [0.717, 1.165) is 49.8 Å². The Morgan fingerprint density at radius 3 is 2.71 bits per heavy atom. The lowest BCUT2D eigenvalue weighted by Gasteiger charge is -2.38. The molecule has 31 heavy (non-hydrogen) atoms. The fraction of sp³-hybridized carbons (Fsp3) is 0.652. The zero-order chi connectivity index (χ0) is 22.1. The van der Waals surface area contributed by atoms with Crippen LogP contribution in [0.4, 0.5) is 4.79 Å². The summed E-state index contributed by atoms with van der Waals surface area (Å²) < 4.78 is 7.54. The lowest BCUT2D eigenvalue weighted by Crippen LogP contribution is -2.42. The van der Waals surface area contributed by atoms with Gasteiger partial charge in [-0.3, -0.25) is 4.90 Å². The molecule has 0 spiro atoms. The summed E-state index contributed by atoms with van der Waals surface area (Å²) in [6, 6.07) is 4.20. The molecule has 2 saturated carbocycles. The highest BCUT2D eigenvalue weighted by Gasteiger charge is 2.47. The Hall–Kier alpha value is -2.40. The van der Waals surface area contributed by atoms with Crippen molar-refractivity contribution in [1.29, 1.82) is 5.26 Å². The Kier molecular flexibility index (Phi) is 6.07. The van der Waals surface area contributed by atoms with Gasteiger partial charge in [-0.25, -0.2) is 9.48 Å². The molecule has 8 heteroatoms. The molecule has 0 unspecified atom stereocenters. The van der Waals surface area contributed by atoms with Crippen LogP contribution < -0.4 is 0 Å². The molecule has 0 bridgehead atoms. The number of carbonyl (C=O) groups is 1. The van der Waals surface area contributed by atoms with Crippen molar-refractivity contribution in [3.05, 3.63) is 34.3 Å². The van der Waals surface area contributed by atoms with Gasteiger partial charge in [0.15, 0.2) is 5.54 Å². The van der Waals surface area contributed by atoms with E-state index in [-0.39, 0.29) is 12.1 Å². The van der Waals surface area contributed by atoms with Crippen LogP contribution in [0.5, 0.6) is 0 Å². The Morgan fingerprint density at radius 1 is 1.39 bits per heavy atom. The van der Waals surface area contributed by atoms with E-state index in [9.17, 15) is 10.1 Å². The summed E-state index contributed by atoms with van der Waals surface area (Å²) in [6.07, 6.45) is 8.77. The third-order valence-corrected chi connectivity index (χ3v) is 6.91. The molecule has 2 fully saturated rings. The molecule has 1 atom stereocenters. The number of carbonyl (C=O) groups excluding carboxylic acids is 1. The van der Waals surface area contributed by atoms with Crippen LogP contribution in [0.25, 0.3) is 0 Å². The number of aromatic nitrogens is 3. The van der Waals surface area contributed by atoms with Gasteiger partial charge in [-0.2, -0.15) is 16.6 Å². The molecule has 0 radical (unpaired) electrons. The van der Waals surface area contributed by atoms with E-state index in [1.54, 1.807) is 16.0 Å². The molecule has 2 aromatic rings. The van der Waals surface area contributed by atoms with Crippen LogP contribution in [-0.2, 0) is 16.8 Å². The molecule has 0 N–H and O–H groups in total. The van der Waals surface area contributed by atoms with Gasteiger partial charge >= 0.3 is 6.09 Å². The molecule has 0 aliphatic heterocycles. The zero-order valence-electron chi connectivity index (χ0n) is 18.6. The highest BCUT2D eigenvalue weighted by molar-refractivity contribution is 7.07. The van der Waals surface area contributed by atoms with E-state index >= 15 is 0 Å². The molecule has 0 saturated heterocycles. The van der Waals surface area contributed by atoms with Crippen LogP contribution in [0.3, 0.4) is 0 Å². The standard InChI is InChI=1S/C23H31N5O2S/c1-22(2,3)30-21(29)27(13-17-9-12-31-15-17)20(18-7-5-4-6-8-18)19-14-28(26-25-19)23(16-24)10-11-23/h9,12,14-15,18,20H,4-8,10-11,13H2,1-3H3/t20-/m0/s1. The highest BCUT2D eigenvalue weighted by atomic mass is 32.1. The second-order valence-corrected chi connectivity index (χ2v) is 10.6. The molecule has 166 valence electrons. The zero-order valence-corrected chi connectivity index (χ0v) is 19.4. The first kappa shape index (κ1) is 21.8. The number of nitrogens with zero attached hydrogens (tertiary/aromatic N) is 5. The van der Waals surface area contributed by atoms with Crippen molar-refractivity contribution in [2.45, 2.75) is 89.4 Å². The summed E-state index contributed by atoms with van der Waals surface area (Å²) in [4.78, 5) is 15.3. The lowest BCUT2D eigenvalue weighted by molar-refractivity contribution is 0.00292. The van der Waals surface area contributed by atoms with Gasteiger partial charge in [-0.05, 0) is 74.8 Å². The minimum Gasteiger partial charge on any atom is -0.444 e. The van der Waals surface area contributed by atoms with Crippen molar-refractivity contribution in [3.8, 4) is 6.07 Å². The second-order valence-electron chi connectivity index (χ2n) is 9.81. The maximum absolute atomic E-state index is 13.4. The molecule has 4 rings (SSSR count). The maximum Gasteiger partial charge on any atom is 0.411 e. The quantitative estimate of drug-likeness (QED) is 0.598. The number of ether oxygens (including phenoxy) is 1.